The second-order valence-corrected chi connectivity index (χ2v) is 7.17. The number of hydrogen-bond acceptors (Lipinski definition) is 2. The average Bonchev–Trinajstić information content (AvgIpc) is 3.28. The number of benzene rings is 1. The molecule has 2 heteroatoms. The molecule has 2 unspecified atom stereocenters. The minimum Gasteiger partial charge on any atom is -0.319 e. The zero-order valence-corrected chi connectivity index (χ0v) is 14.1. The topological polar surface area (TPSA) is 15.3 Å². The molecule has 2 nitrogen and oxygen atoms in total. The van der Waals surface area contributed by atoms with Gasteiger partial charge in [-0.2, -0.15) is 0 Å². The molecule has 0 amide bonds. The third-order valence-electron chi connectivity index (χ3n) is 5.48. The minimum absolute atomic E-state index is 0.623. The SMILES string of the molecule is CNCC1CCCN(C2CC2)C1c1cc(C)c(C)cc1C. The maximum Gasteiger partial charge on any atom is 0.0394 e. The third-order valence-corrected chi connectivity index (χ3v) is 5.48. The van der Waals surface area contributed by atoms with Crippen LogP contribution in [-0.4, -0.2) is 31.1 Å². The molecular formula is C19H30N2. The van der Waals surface area contributed by atoms with E-state index in [1.807, 2.05) is 0 Å². The maximum absolute atomic E-state index is 3.44. The molecule has 1 saturated heterocycles. The second-order valence-electron chi connectivity index (χ2n) is 7.17. The molecule has 1 aromatic carbocycles. The molecule has 2 aliphatic rings. The summed E-state index contributed by atoms with van der Waals surface area (Å²) in [4.78, 5) is 2.82. The Balaban J connectivity index is 1.98. The van der Waals surface area contributed by atoms with E-state index < -0.39 is 0 Å². The van der Waals surface area contributed by atoms with E-state index in [0.717, 1.165) is 18.5 Å². The minimum atomic E-state index is 0.623. The molecule has 2 fully saturated rings. The summed E-state index contributed by atoms with van der Waals surface area (Å²) in [7, 11) is 2.10. The molecule has 1 N–H and O–H groups in total. The summed E-state index contributed by atoms with van der Waals surface area (Å²) in [5.41, 5.74) is 5.94. The zero-order chi connectivity index (χ0) is 15.0. The van der Waals surface area contributed by atoms with Crippen LogP contribution in [0.5, 0.6) is 0 Å². The molecule has 21 heavy (non-hydrogen) atoms. The average molecular weight is 286 g/mol. The first kappa shape index (κ1) is 15.1. The first-order chi connectivity index (χ1) is 10.1. The number of nitrogens with zero attached hydrogens (tertiary/aromatic N) is 1. The van der Waals surface area contributed by atoms with Crippen molar-refractivity contribution in [1.82, 2.24) is 10.2 Å². The summed E-state index contributed by atoms with van der Waals surface area (Å²) < 4.78 is 0. The van der Waals surface area contributed by atoms with Gasteiger partial charge in [-0.15, -0.1) is 0 Å². The molecule has 1 heterocycles. The Bertz CT molecular complexity index is 503. The van der Waals surface area contributed by atoms with Crippen molar-refractivity contribution in [2.45, 2.75) is 58.5 Å². The quantitative estimate of drug-likeness (QED) is 0.907. The fourth-order valence-electron chi connectivity index (χ4n) is 4.13. The predicted molar refractivity (Wildman–Crippen MR) is 89.8 cm³/mol. The molecule has 1 aromatic rings. The highest BCUT2D eigenvalue weighted by Crippen LogP contribution is 2.43. The van der Waals surface area contributed by atoms with Crippen molar-refractivity contribution in [1.29, 1.82) is 0 Å². The van der Waals surface area contributed by atoms with Crippen LogP contribution in [0.2, 0.25) is 0 Å². The summed E-state index contributed by atoms with van der Waals surface area (Å²) >= 11 is 0. The lowest BCUT2D eigenvalue weighted by Gasteiger charge is -2.43. The molecule has 2 atom stereocenters. The molecule has 0 aromatic heterocycles. The van der Waals surface area contributed by atoms with Gasteiger partial charge in [-0.1, -0.05) is 12.1 Å². The first-order valence-electron chi connectivity index (χ1n) is 8.60. The van der Waals surface area contributed by atoms with E-state index in [2.05, 4.69) is 50.2 Å². The lowest BCUT2D eigenvalue weighted by molar-refractivity contribution is 0.0840. The number of rotatable bonds is 4. The van der Waals surface area contributed by atoms with Gasteiger partial charge in [0.1, 0.15) is 0 Å². The van der Waals surface area contributed by atoms with E-state index in [0.29, 0.717) is 6.04 Å². The van der Waals surface area contributed by atoms with E-state index in [-0.39, 0.29) is 0 Å². The maximum atomic E-state index is 3.44. The smallest absolute Gasteiger partial charge is 0.0394 e. The molecule has 0 spiro atoms. The summed E-state index contributed by atoms with van der Waals surface area (Å²) in [6.07, 6.45) is 5.55. The van der Waals surface area contributed by atoms with Crippen molar-refractivity contribution in [3.8, 4) is 0 Å². The van der Waals surface area contributed by atoms with Gasteiger partial charge in [-0.25, -0.2) is 0 Å². The Kier molecular flexibility index (Phi) is 4.37. The second kappa shape index (κ2) is 6.10. The van der Waals surface area contributed by atoms with Gasteiger partial charge in [0.15, 0.2) is 0 Å². The molecule has 1 saturated carbocycles. The van der Waals surface area contributed by atoms with Crippen molar-refractivity contribution in [2.75, 3.05) is 20.1 Å². The molecule has 1 aliphatic carbocycles. The van der Waals surface area contributed by atoms with Gasteiger partial charge in [-0.05, 0) is 94.8 Å². The summed E-state index contributed by atoms with van der Waals surface area (Å²) in [5.74, 6) is 0.755. The van der Waals surface area contributed by atoms with Crippen LogP contribution in [-0.2, 0) is 0 Å². The monoisotopic (exact) mass is 286 g/mol. The highest BCUT2D eigenvalue weighted by atomic mass is 15.2. The Labute approximate surface area is 129 Å². The van der Waals surface area contributed by atoms with Crippen molar-refractivity contribution in [3.63, 3.8) is 0 Å². The summed E-state index contributed by atoms with van der Waals surface area (Å²) in [5, 5.41) is 3.44. The number of aryl methyl sites for hydroxylation is 3. The van der Waals surface area contributed by atoms with Crippen molar-refractivity contribution in [3.05, 3.63) is 34.4 Å². The number of nitrogens with one attached hydrogen (secondary N) is 1. The van der Waals surface area contributed by atoms with Crippen LogP contribution in [0.1, 0.15) is 54.0 Å². The van der Waals surface area contributed by atoms with Gasteiger partial charge in [0.25, 0.3) is 0 Å². The predicted octanol–water partition coefficient (Wildman–Crippen LogP) is 3.75. The molecule has 0 bridgehead atoms. The highest BCUT2D eigenvalue weighted by molar-refractivity contribution is 5.39. The van der Waals surface area contributed by atoms with Crippen LogP contribution in [0.4, 0.5) is 0 Å². The Morgan fingerprint density at radius 1 is 1.05 bits per heavy atom. The van der Waals surface area contributed by atoms with Gasteiger partial charge < -0.3 is 5.32 Å². The first-order valence-corrected chi connectivity index (χ1v) is 8.60. The Hall–Kier alpha value is -0.860. The lowest BCUT2D eigenvalue weighted by atomic mass is 9.81. The molecule has 116 valence electrons. The van der Waals surface area contributed by atoms with Crippen LogP contribution in [0, 0.1) is 26.7 Å². The van der Waals surface area contributed by atoms with Crippen LogP contribution in [0.25, 0.3) is 0 Å². The van der Waals surface area contributed by atoms with Crippen LogP contribution in [0.15, 0.2) is 12.1 Å². The highest BCUT2D eigenvalue weighted by Gasteiger charge is 2.40. The van der Waals surface area contributed by atoms with Gasteiger partial charge in [0.05, 0.1) is 0 Å². The van der Waals surface area contributed by atoms with Gasteiger partial charge in [0.2, 0.25) is 0 Å². The van der Waals surface area contributed by atoms with Gasteiger partial charge in [-0.3, -0.25) is 4.90 Å². The normalized spacial score (nSPS) is 27.0. The van der Waals surface area contributed by atoms with Crippen molar-refractivity contribution < 1.29 is 0 Å². The number of hydrogen-bond donors (Lipinski definition) is 1. The van der Waals surface area contributed by atoms with E-state index in [1.165, 1.54) is 48.9 Å². The van der Waals surface area contributed by atoms with E-state index in [1.54, 1.807) is 5.56 Å². The summed E-state index contributed by atoms with van der Waals surface area (Å²) in [6.45, 7) is 9.23. The van der Waals surface area contributed by atoms with Crippen LogP contribution in [0.3, 0.4) is 0 Å². The molecular weight excluding hydrogens is 256 g/mol. The van der Waals surface area contributed by atoms with Crippen LogP contribution >= 0.6 is 0 Å². The fourth-order valence-corrected chi connectivity index (χ4v) is 4.13. The molecule has 0 radical (unpaired) electrons. The van der Waals surface area contributed by atoms with E-state index in [4.69, 9.17) is 0 Å². The Morgan fingerprint density at radius 3 is 2.43 bits per heavy atom. The van der Waals surface area contributed by atoms with Crippen LogP contribution < -0.4 is 5.32 Å². The standard InChI is InChI=1S/C19H30N2/c1-13-10-15(3)18(11-14(13)2)19-16(12-20-4)6-5-9-21(19)17-7-8-17/h10-11,16-17,19-20H,5-9,12H2,1-4H3. The van der Waals surface area contributed by atoms with Crippen molar-refractivity contribution >= 4 is 0 Å². The summed E-state index contributed by atoms with van der Waals surface area (Å²) in [6, 6.07) is 6.34. The Morgan fingerprint density at radius 2 is 1.76 bits per heavy atom. The van der Waals surface area contributed by atoms with Gasteiger partial charge >= 0.3 is 0 Å². The molecule has 3 rings (SSSR count). The number of likely N-dealkylation sites (tertiary alicyclic amines) is 1. The van der Waals surface area contributed by atoms with E-state index in [9.17, 15) is 0 Å². The largest absolute Gasteiger partial charge is 0.319 e. The third kappa shape index (κ3) is 3.02. The lowest BCUT2D eigenvalue weighted by Crippen LogP contribution is -2.43. The number of piperidine rings is 1. The van der Waals surface area contributed by atoms with Crippen molar-refractivity contribution in [2.24, 2.45) is 5.92 Å². The zero-order valence-electron chi connectivity index (χ0n) is 14.1. The molecule has 1 aliphatic heterocycles. The van der Waals surface area contributed by atoms with E-state index >= 15 is 0 Å². The fraction of sp³-hybridized carbons (Fsp3) is 0.684. The van der Waals surface area contributed by atoms with Gasteiger partial charge in [0, 0.05) is 12.1 Å².